The molecule has 0 radical (unpaired) electrons. The Hall–Kier alpha value is -0.990. The van der Waals surface area contributed by atoms with E-state index in [1.165, 1.54) is 0 Å². The van der Waals surface area contributed by atoms with E-state index in [4.69, 9.17) is 0 Å². The minimum atomic E-state index is -0.608. The summed E-state index contributed by atoms with van der Waals surface area (Å²) >= 11 is 0. The van der Waals surface area contributed by atoms with Gasteiger partial charge in [0.15, 0.2) is 5.78 Å². The van der Waals surface area contributed by atoms with Crippen molar-refractivity contribution in [2.24, 2.45) is 5.92 Å². The molecule has 0 heterocycles. The van der Waals surface area contributed by atoms with E-state index < -0.39 is 11.7 Å². The van der Waals surface area contributed by atoms with Gasteiger partial charge in [0.25, 0.3) is 0 Å². The maximum absolute atomic E-state index is 11.7. The molecular formula is C12H18O3. The van der Waals surface area contributed by atoms with Crippen LogP contribution in [0.1, 0.15) is 51.9 Å². The lowest BCUT2D eigenvalue weighted by molar-refractivity contribution is -0.144. The largest absolute Gasteiger partial charge is 0.299 e. The highest BCUT2D eigenvalue weighted by Crippen LogP contribution is 2.21. The van der Waals surface area contributed by atoms with E-state index in [-0.39, 0.29) is 11.6 Å². The van der Waals surface area contributed by atoms with E-state index in [1.54, 1.807) is 0 Å². The number of ketones is 3. The normalized spacial score (nSPS) is 21.8. The summed E-state index contributed by atoms with van der Waals surface area (Å²) in [4.78, 5) is 34.2. The monoisotopic (exact) mass is 210 g/mol. The smallest absolute Gasteiger partial charge is 0.208 e. The van der Waals surface area contributed by atoms with Crippen LogP contribution < -0.4 is 0 Å². The van der Waals surface area contributed by atoms with E-state index in [0.29, 0.717) is 25.7 Å². The molecule has 1 fully saturated rings. The molecule has 0 N–H and O–H groups in total. The van der Waals surface area contributed by atoms with Gasteiger partial charge in [-0.3, -0.25) is 14.4 Å². The molecule has 0 aromatic carbocycles. The Labute approximate surface area is 90.2 Å². The molecule has 0 spiro atoms. The molecule has 0 aromatic heterocycles. The third-order valence-corrected chi connectivity index (χ3v) is 2.90. The van der Waals surface area contributed by atoms with Crippen LogP contribution in [0.2, 0.25) is 0 Å². The molecule has 0 aromatic rings. The topological polar surface area (TPSA) is 51.2 Å². The van der Waals surface area contributed by atoms with Crippen molar-refractivity contribution in [3.63, 3.8) is 0 Å². The molecule has 15 heavy (non-hydrogen) atoms. The molecule has 84 valence electrons. The van der Waals surface area contributed by atoms with Crippen LogP contribution in [0.5, 0.6) is 0 Å². The minimum absolute atomic E-state index is 0.0264. The Kier molecular flexibility index (Phi) is 4.66. The van der Waals surface area contributed by atoms with E-state index in [2.05, 4.69) is 6.92 Å². The number of hydrogen-bond donors (Lipinski definition) is 0. The second-order valence-electron chi connectivity index (χ2n) is 4.16. The molecule has 1 saturated carbocycles. The van der Waals surface area contributed by atoms with Crippen molar-refractivity contribution in [1.82, 2.24) is 0 Å². The minimum Gasteiger partial charge on any atom is -0.299 e. The van der Waals surface area contributed by atoms with Crippen molar-refractivity contribution in [3.05, 3.63) is 0 Å². The molecule has 0 saturated heterocycles. The van der Waals surface area contributed by atoms with Crippen molar-refractivity contribution in [1.29, 1.82) is 0 Å². The van der Waals surface area contributed by atoms with Crippen LogP contribution >= 0.6 is 0 Å². The van der Waals surface area contributed by atoms with Gasteiger partial charge in [-0.2, -0.15) is 0 Å². The molecule has 1 aliphatic rings. The molecule has 1 unspecified atom stereocenters. The Bertz CT molecular complexity index is 268. The molecule has 1 rings (SSSR count). The Balaban J connectivity index is 2.44. The summed E-state index contributed by atoms with van der Waals surface area (Å²) in [5.41, 5.74) is 0. The van der Waals surface area contributed by atoms with Gasteiger partial charge in [0, 0.05) is 12.8 Å². The third-order valence-electron chi connectivity index (χ3n) is 2.90. The summed E-state index contributed by atoms with van der Waals surface area (Å²) in [6, 6.07) is 0. The van der Waals surface area contributed by atoms with E-state index in [1.807, 2.05) is 0 Å². The number of carbonyl (C=O) groups is 3. The zero-order valence-corrected chi connectivity index (χ0v) is 9.25. The first-order chi connectivity index (χ1) is 7.16. The molecule has 1 atom stereocenters. The van der Waals surface area contributed by atoms with E-state index in [0.717, 1.165) is 19.3 Å². The first-order valence-corrected chi connectivity index (χ1v) is 5.76. The highest BCUT2D eigenvalue weighted by molar-refractivity contribution is 6.41. The van der Waals surface area contributed by atoms with Crippen molar-refractivity contribution in [2.45, 2.75) is 51.9 Å². The van der Waals surface area contributed by atoms with Crippen LogP contribution in [0.4, 0.5) is 0 Å². The predicted molar refractivity (Wildman–Crippen MR) is 56.5 cm³/mol. The van der Waals surface area contributed by atoms with Crippen molar-refractivity contribution < 1.29 is 14.4 Å². The lowest BCUT2D eigenvalue weighted by Crippen LogP contribution is -2.33. The highest BCUT2D eigenvalue weighted by atomic mass is 16.2. The molecule has 0 amide bonds. The third kappa shape index (κ3) is 3.26. The molecule has 3 nitrogen and oxygen atoms in total. The van der Waals surface area contributed by atoms with Gasteiger partial charge in [-0.05, 0) is 19.3 Å². The van der Waals surface area contributed by atoms with Gasteiger partial charge in [0.1, 0.15) is 5.78 Å². The van der Waals surface area contributed by atoms with Gasteiger partial charge >= 0.3 is 0 Å². The second kappa shape index (κ2) is 5.79. The maximum Gasteiger partial charge on any atom is 0.208 e. The van der Waals surface area contributed by atoms with Crippen molar-refractivity contribution in [2.75, 3.05) is 0 Å². The molecular weight excluding hydrogens is 192 g/mol. The molecule has 3 heteroatoms. The Morgan fingerprint density at radius 2 is 2.07 bits per heavy atom. The molecule has 0 bridgehead atoms. The van der Waals surface area contributed by atoms with Crippen LogP contribution in [-0.2, 0) is 14.4 Å². The molecule has 1 aliphatic carbocycles. The lowest BCUT2D eigenvalue weighted by Gasteiger charge is -2.17. The SMILES string of the molecule is CCCCCC(=O)C1CCCC(=O)C1=O. The fraction of sp³-hybridized carbons (Fsp3) is 0.750. The fourth-order valence-corrected chi connectivity index (χ4v) is 1.95. The summed E-state index contributed by atoms with van der Waals surface area (Å²) in [6.45, 7) is 2.07. The summed E-state index contributed by atoms with van der Waals surface area (Å²) < 4.78 is 0. The lowest BCUT2D eigenvalue weighted by atomic mass is 9.83. The summed E-state index contributed by atoms with van der Waals surface area (Å²) in [5, 5.41) is 0. The van der Waals surface area contributed by atoms with Gasteiger partial charge in [-0.25, -0.2) is 0 Å². The van der Waals surface area contributed by atoms with Gasteiger partial charge in [0.2, 0.25) is 5.78 Å². The van der Waals surface area contributed by atoms with Gasteiger partial charge < -0.3 is 0 Å². The number of unbranched alkanes of at least 4 members (excludes halogenated alkanes) is 2. The summed E-state index contributed by atoms with van der Waals surface area (Å²) in [5.74, 6) is -1.43. The number of rotatable bonds is 5. The van der Waals surface area contributed by atoms with E-state index in [9.17, 15) is 14.4 Å². The van der Waals surface area contributed by atoms with Crippen molar-refractivity contribution in [3.8, 4) is 0 Å². The first-order valence-electron chi connectivity index (χ1n) is 5.76. The zero-order valence-electron chi connectivity index (χ0n) is 9.25. The Morgan fingerprint density at radius 1 is 1.33 bits per heavy atom. The van der Waals surface area contributed by atoms with Gasteiger partial charge in [0.05, 0.1) is 5.92 Å². The average molecular weight is 210 g/mol. The highest BCUT2D eigenvalue weighted by Gasteiger charge is 2.33. The average Bonchev–Trinajstić information content (AvgIpc) is 2.22. The maximum atomic E-state index is 11.7. The number of carbonyl (C=O) groups excluding carboxylic acids is 3. The first kappa shape index (κ1) is 12.1. The van der Waals surface area contributed by atoms with Gasteiger partial charge in [-0.15, -0.1) is 0 Å². The van der Waals surface area contributed by atoms with Crippen LogP contribution in [0.25, 0.3) is 0 Å². The predicted octanol–water partition coefficient (Wildman–Crippen LogP) is 2.07. The van der Waals surface area contributed by atoms with E-state index >= 15 is 0 Å². The van der Waals surface area contributed by atoms with Crippen LogP contribution in [0.3, 0.4) is 0 Å². The zero-order chi connectivity index (χ0) is 11.3. The fourth-order valence-electron chi connectivity index (χ4n) is 1.95. The Morgan fingerprint density at radius 3 is 2.73 bits per heavy atom. The van der Waals surface area contributed by atoms with Crippen LogP contribution in [0, 0.1) is 5.92 Å². The van der Waals surface area contributed by atoms with Crippen LogP contribution in [-0.4, -0.2) is 17.3 Å². The second-order valence-corrected chi connectivity index (χ2v) is 4.16. The summed E-state index contributed by atoms with van der Waals surface area (Å²) in [6.07, 6.45) is 4.97. The van der Waals surface area contributed by atoms with Crippen molar-refractivity contribution >= 4 is 17.3 Å². The van der Waals surface area contributed by atoms with Gasteiger partial charge in [-0.1, -0.05) is 19.8 Å². The molecule has 0 aliphatic heterocycles. The summed E-state index contributed by atoms with van der Waals surface area (Å²) in [7, 11) is 0. The standard InChI is InChI=1S/C12H18O3/c1-2-3-4-7-10(13)9-6-5-8-11(14)12(9)15/h9H,2-8H2,1H3. The quantitative estimate of drug-likeness (QED) is 0.396. The van der Waals surface area contributed by atoms with Crippen LogP contribution in [0.15, 0.2) is 0 Å². The number of Topliss-reactive ketones (excluding diaryl/α,β-unsaturated/α-hetero) is 3. The number of hydrogen-bond acceptors (Lipinski definition) is 3.